The van der Waals surface area contributed by atoms with Crippen LogP contribution in [0.4, 0.5) is 5.69 Å². The van der Waals surface area contributed by atoms with Crippen LogP contribution in [0.5, 0.6) is 0 Å². The molecule has 0 heterocycles. The Labute approximate surface area is 101 Å². The van der Waals surface area contributed by atoms with Gasteiger partial charge in [0.05, 0.1) is 17.7 Å². The number of carbonyl (C=O) groups excluding carboxylic acids is 1. The van der Waals surface area contributed by atoms with E-state index < -0.39 is 6.04 Å². The van der Waals surface area contributed by atoms with Crippen molar-refractivity contribution in [2.75, 3.05) is 5.32 Å². The Morgan fingerprint density at radius 3 is 2.65 bits per heavy atom. The number of nitrogens with one attached hydrogen (secondary N) is 1. The zero-order valence-corrected chi connectivity index (χ0v) is 10.3. The molecule has 0 saturated heterocycles. The van der Waals surface area contributed by atoms with Crippen molar-refractivity contribution in [2.45, 2.75) is 26.8 Å². The average Bonchev–Trinajstić information content (AvgIpc) is 2.27. The van der Waals surface area contributed by atoms with E-state index in [0.29, 0.717) is 11.3 Å². The summed E-state index contributed by atoms with van der Waals surface area (Å²) in [6.07, 6.45) is 0. The standard InChI is InChI=1S/C13H17N3O/c1-13(2,3)11(15)12(17)16-10-6-4-5-9(7-10)8-14/h4-7,11H,15H2,1-3H3,(H,16,17)/t11-/m1/s1. The molecule has 0 fully saturated rings. The smallest absolute Gasteiger partial charge is 0.241 e. The molecule has 1 amide bonds. The van der Waals surface area contributed by atoms with E-state index in [1.807, 2.05) is 26.8 Å². The molecule has 0 radical (unpaired) electrons. The molecule has 17 heavy (non-hydrogen) atoms. The quantitative estimate of drug-likeness (QED) is 0.815. The molecule has 3 N–H and O–H groups in total. The molecule has 1 rings (SSSR count). The Balaban J connectivity index is 2.79. The van der Waals surface area contributed by atoms with Crippen LogP contribution < -0.4 is 11.1 Å². The first-order valence-corrected chi connectivity index (χ1v) is 5.41. The molecule has 0 aliphatic heterocycles. The number of rotatable bonds is 2. The molecule has 0 saturated carbocycles. The van der Waals surface area contributed by atoms with Gasteiger partial charge in [-0.25, -0.2) is 0 Å². The fraction of sp³-hybridized carbons (Fsp3) is 0.385. The zero-order valence-electron chi connectivity index (χ0n) is 10.3. The van der Waals surface area contributed by atoms with E-state index in [1.165, 1.54) is 0 Å². The Morgan fingerprint density at radius 1 is 1.47 bits per heavy atom. The fourth-order valence-corrected chi connectivity index (χ4v) is 1.28. The SMILES string of the molecule is CC(C)(C)[C@H](N)C(=O)Nc1cccc(C#N)c1. The van der Waals surface area contributed by atoms with Crippen LogP contribution in [0, 0.1) is 16.7 Å². The second-order valence-electron chi connectivity index (χ2n) is 5.03. The highest BCUT2D eigenvalue weighted by molar-refractivity contribution is 5.95. The molecular formula is C13H17N3O. The van der Waals surface area contributed by atoms with E-state index in [4.69, 9.17) is 11.0 Å². The van der Waals surface area contributed by atoms with Gasteiger partial charge in [-0.2, -0.15) is 5.26 Å². The molecule has 90 valence electrons. The second-order valence-corrected chi connectivity index (χ2v) is 5.03. The van der Waals surface area contributed by atoms with Gasteiger partial charge in [-0.3, -0.25) is 4.79 Å². The monoisotopic (exact) mass is 231 g/mol. The number of hydrogen-bond acceptors (Lipinski definition) is 3. The number of nitrogens with zero attached hydrogens (tertiary/aromatic N) is 1. The molecule has 0 aromatic heterocycles. The number of benzene rings is 1. The van der Waals surface area contributed by atoms with Crippen LogP contribution in [-0.2, 0) is 4.79 Å². The predicted octanol–water partition coefficient (Wildman–Crippen LogP) is 1.87. The molecule has 1 aromatic carbocycles. The van der Waals surface area contributed by atoms with E-state index in [1.54, 1.807) is 24.3 Å². The lowest BCUT2D eigenvalue weighted by Crippen LogP contribution is -2.45. The summed E-state index contributed by atoms with van der Waals surface area (Å²) < 4.78 is 0. The molecule has 0 bridgehead atoms. The maximum Gasteiger partial charge on any atom is 0.241 e. The lowest BCUT2D eigenvalue weighted by atomic mass is 9.87. The number of anilines is 1. The third-order valence-electron chi connectivity index (χ3n) is 2.47. The molecule has 0 aliphatic carbocycles. The van der Waals surface area contributed by atoms with Gasteiger partial charge in [0.25, 0.3) is 0 Å². The highest BCUT2D eigenvalue weighted by Crippen LogP contribution is 2.19. The fourth-order valence-electron chi connectivity index (χ4n) is 1.28. The lowest BCUT2D eigenvalue weighted by Gasteiger charge is -2.25. The summed E-state index contributed by atoms with van der Waals surface area (Å²) in [6.45, 7) is 5.72. The summed E-state index contributed by atoms with van der Waals surface area (Å²) in [5.41, 5.74) is 6.64. The average molecular weight is 231 g/mol. The van der Waals surface area contributed by atoms with E-state index in [9.17, 15) is 4.79 Å². The molecule has 0 unspecified atom stereocenters. The molecular weight excluding hydrogens is 214 g/mol. The van der Waals surface area contributed by atoms with Crippen molar-refractivity contribution in [3.05, 3.63) is 29.8 Å². The molecule has 4 heteroatoms. The van der Waals surface area contributed by atoms with Crippen LogP contribution in [0.15, 0.2) is 24.3 Å². The van der Waals surface area contributed by atoms with Crippen molar-refractivity contribution < 1.29 is 4.79 Å². The minimum absolute atomic E-state index is 0.243. The van der Waals surface area contributed by atoms with Gasteiger partial charge in [-0.15, -0.1) is 0 Å². The Bertz CT molecular complexity index is 454. The first kappa shape index (κ1) is 13.2. The molecule has 4 nitrogen and oxygen atoms in total. The maximum atomic E-state index is 11.8. The first-order chi connectivity index (χ1) is 7.84. The van der Waals surface area contributed by atoms with Crippen LogP contribution in [0.25, 0.3) is 0 Å². The van der Waals surface area contributed by atoms with E-state index in [0.717, 1.165) is 0 Å². The molecule has 1 atom stereocenters. The number of amides is 1. The van der Waals surface area contributed by atoms with Crippen molar-refractivity contribution in [3.63, 3.8) is 0 Å². The van der Waals surface area contributed by atoms with Crippen LogP contribution >= 0.6 is 0 Å². The van der Waals surface area contributed by atoms with Crippen LogP contribution in [-0.4, -0.2) is 11.9 Å². The van der Waals surface area contributed by atoms with Gasteiger partial charge >= 0.3 is 0 Å². The largest absolute Gasteiger partial charge is 0.325 e. The number of nitriles is 1. The molecule has 0 spiro atoms. The molecule has 0 aliphatic rings. The number of hydrogen-bond donors (Lipinski definition) is 2. The number of nitrogens with two attached hydrogens (primary N) is 1. The van der Waals surface area contributed by atoms with Gasteiger partial charge in [-0.05, 0) is 23.6 Å². The van der Waals surface area contributed by atoms with Gasteiger partial charge in [0.1, 0.15) is 0 Å². The Hall–Kier alpha value is -1.86. The summed E-state index contributed by atoms with van der Waals surface area (Å²) in [4.78, 5) is 11.8. The van der Waals surface area contributed by atoms with Crippen LogP contribution in [0.2, 0.25) is 0 Å². The van der Waals surface area contributed by atoms with Gasteiger partial charge in [0, 0.05) is 5.69 Å². The predicted molar refractivity (Wildman–Crippen MR) is 67.2 cm³/mol. The highest BCUT2D eigenvalue weighted by Gasteiger charge is 2.27. The van der Waals surface area contributed by atoms with Crippen molar-refractivity contribution in [1.82, 2.24) is 0 Å². The Kier molecular flexibility index (Phi) is 3.87. The first-order valence-electron chi connectivity index (χ1n) is 5.41. The van der Waals surface area contributed by atoms with Crippen molar-refractivity contribution in [2.24, 2.45) is 11.1 Å². The summed E-state index contributed by atoms with van der Waals surface area (Å²) in [5.74, 6) is -0.243. The second kappa shape index (κ2) is 4.98. The highest BCUT2D eigenvalue weighted by atomic mass is 16.2. The van der Waals surface area contributed by atoms with Crippen LogP contribution in [0.3, 0.4) is 0 Å². The van der Waals surface area contributed by atoms with Gasteiger partial charge in [0.15, 0.2) is 0 Å². The summed E-state index contributed by atoms with van der Waals surface area (Å²) in [6, 6.07) is 8.18. The zero-order chi connectivity index (χ0) is 13.1. The van der Waals surface area contributed by atoms with Gasteiger partial charge in [-0.1, -0.05) is 26.8 Å². The van der Waals surface area contributed by atoms with Crippen LogP contribution in [0.1, 0.15) is 26.3 Å². The van der Waals surface area contributed by atoms with Crippen molar-refractivity contribution >= 4 is 11.6 Å². The molecule has 1 aromatic rings. The minimum atomic E-state index is -0.590. The third-order valence-corrected chi connectivity index (χ3v) is 2.47. The van der Waals surface area contributed by atoms with E-state index in [2.05, 4.69) is 5.32 Å². The van der Waals surface area contributed by atoms with Gasteiger partial charge < -0.3 is 11.1 Å². The third kappa shape index (κ3) is 3.58. The summed E-state index contributed by atoms with van der Waals surface area (Å²) in [7, 11) is 0. The van der Waals surface area contributed by atoms with E-state index >= 15 is 0 Å². The van der Waals surface area contributed by atoms with Gasteiger partial charge in [0.2, 0.25) is 5.91 Å². The Morgan fingerprint density at radius 2 is 2.12 bits per heavy atom. The summed E-state index contributed by atoms with van der Waals surface area (Å²) >= 11 is 0. The number of carbonyl (C=O) groups is 1. The van der Waals surface area contributed by atoms with Crippen molar-refractivity contribution in [3.8, 4) is 6.07 Å². The van der Waals surface area contributed by atoms with Crippen molar-refractivity contribution in [1.29, 1.82) is 5.26 Å². The van der Waals surface area contributed by atoms with E-state index in [-0.39, 0.29) is 11.3 Å². The maximum absolute atomic E-state index is 11.8. The summed E-state index contributed by atoms with van der Waals surface area (Å²) in [5, 5.41) is 11.5. The minimum Gasteiger partial charge on any atom is -0.325 e. The topological polar surface area (TPSA) is 78.9 Å². The lowest BCUT2D eigenvalue weighted by molar-refractivity contribution is -0.119. The normalized spacial score (nSPS) is 12.6.